The van der Waals surface area contributed by atoms with Crippen molar-refractivity contribution < 1.29 is 23.5 Å². The number of thioether (sulfide) groups is 1. The summed E-state index contributed by atoms with van der Waals surface area (Å²) in [6.45, 7) is 3.72. The Morgan fingerprint density at radius 3 is 2.62 bits per heavy atom. The molecule has 32 heavy (non-hydrogen) atoms. The lowest BCUT2D eigenvalue weighted by Gasteiger charge is -2.24. The van der Waals surface area contributed by atoms with E-state index in [9.17, 15) is 14.4 Å². The second-order valence-corrected chi connectivity index (χ2v) is 9.08. The molecule has 8 heteroatoms. The minimum atomic E-state index is -0.865. The third-order valence-corrected chi connectivity index (χ3v) is 6.18. The maximum absolute atomic E-state index is 12.6. The smallest absolute Gasteiger partial charge is 0.329 e. The predicted molar refractivity (Wildman–Crippen MR) is 125 cm³/mol. The molecular weight excluding hydrogens is 428 g/mol. The van der Waals surface area contributed by atoms with Crippen LogP contribution < -0.4 is 10.2 Å². The van der Waals surface area contributed by atoms with Crippen LogP contribution in [0.5, 0.6) is 0 Å². The van der Waals surface area contributed by atoms with Crippen molar-refractivity contribution in [3.63, 3.8) is 0 Å². The molecule has 0 fully saturated rings. The summed E-state index contributed by atoms with van der Waals surface area (Å²) < 4.78 is 10.3. The third-order valence-electron chi connectivity index (χ3n) is 5.54. The highest BCUT2D eigenvalue weighted by Gasteiger charge is 2.38. The first-order valence-corrected chi connectivity index (χ1v) is 11.7. The van der Waals surface area contributed by atoms with Gasteiger partial charge in [-0.05, 0) is 42.2 Å². The SMILES string of the molecule is CSCCC(NC(=O)c1ccco1)C(=O)OCC(=O)/C=C1/N(C)c2ccccc2C1(C)C. The summed E-state index contributed by atoms with van der Waals surface area (Å²) in [6, 6.07) is 10.2. The Kier molecular flexibility index (Phi) is 7.45. The number of anilines is 1. The zero-order valence-corrected chi connectivity index (χ0v) is 19.5. The number of amides is 1. The van der Waals surface area contributed by atoms with Crippen molar-refractivity contribution in [3.05, 3.63) is 65.8 Å². The molecule has 2 aromatic rings. The normalized spacial score (nSPS) is 16.5. The number of para-hydroxylation sites is 1. The van der Waals surface area contributed by atoms with E-state index in [4.69, 9.17) is 9.15 Å². The zero-order valence-electron chi connectivity index (χ0n) is 18.7. The van der Waals surface area contributed by atoms with Gasteiger partial charge in [-0.15, -0.1) is 0 Å². The van der Waals surface area contributed by atoms with Crippen LogP contribution in [0.1, 0.15) is 36.4 Å². The Balaban J connectivity index is 1.64. The molecule has 1 N–H and O–H groups in total. The first kappa shape index (κ1) is 23.7. The van der Waals surface area contributed by atoms with E-state index in [-0.39, 0.29) is 17.0 Å². The van der Waals surface area contributed by atoms with Gasteiger partial charge in [0.15, 0.2) is 18.2 Å². The van der Waals surface area contributed by atoms with Gasteiger partial charge in [-0.3, -0.25) is 9.59 Å². The van der Waals surface area contributed by atoms with E-state index in [0.717, 1.165) is 16.9 Å². The van der Waals surface area contributed by atoms with Crippen LogP contribution in [0.25, 0.3) is 0 Å². The van der Waals surface area contributed by atoms with E-state index in [2.05, 4.69) is 25.2 Å². The van der Waals surface area contributed by atoms with E-state index in [0.29, 0.717) is 12.2 Å². The van der Waals surface area contributed by atoms with E-state index in [1.165, 1.54) is 18.4 Å². The summed E-state index contributed by atoms with van der Waals surface area (Å²) in [6.07, 6.45) is 5.21. The van der Waals surface area contributed by atoms with Crippen LogP contribution in [-0.2, 0) is 19.7 Å². The molecule has 2 heterocycles. The largest absolute Gasteiger partial charge is 0.459 e. The molecule has 7 nitrogen and oxygen atoms in total. The maximum atomic E-state index is 12.6. The second kappa shape index (κ2) is 10.1. The average molecular weight is 457 g/mol. The summed E-state index contributed by atoms with van der Waals surface area (Å²) in [5, 5.41) is 2.63. The summed E-state index contributed by atoms with van der Waals surface area (Å²) in [4.78, 5) is 39.5. The number of allylic oxidation sites excluding steroid dienone is 1. The Labute approximate surface area is 192 Å². The standard InChI is InChI=1S/C24H28N2O5S/c1-24(2)17-8-5-6-9-19(17)26(3)21(24)14-16(27)15-31-23(29)18(11-13-32-4)25-22(28)20-10-7-12-30-20/h5-10,12,14,18H,11,13,15H2,1-4H3,(H,25,28)/b21-14+. The van der Waals surface area contributed by atoms with Gasteiger partial charge in [0.2, 0.25) is 0 Å². The van der Waals surface area contributed by atoms with Crippen LogP contribution >= 0.6 is 11.8 Å². The summed E-state index contributed by atoms with van der Waals surface area (Å²) in [7, 11) is 1.92. The molecule has 1 aliphatic heterocycles. The van der Waals surface area contributed by atoms with Gasteiger partial charge in [0, 0.05) is 29.9 Å². The van der Waals surface area contributed by atoms with Crippen molar-refractivity contribution in [2.75, 3.05) is 30.6 Å². The molecule has 1 atom stereocenters. The van der Waals surface area contributed by atoms with Crippen molar-refractivity contribution in [2.45, 2.75) is 31.7 Å². The van der Waals surface area contributed by atoms with Gasteiger partial charge in [0.05, 0.1) is 6.26 Å². The second-order valence-electron chi connectivity index (χ2n) is 8.09. The monoisotopic (exact) mass is 456 g/mol. The highest BCUT2D eigenvalue weighted by molar-refractivity contribution is 7.98. The number of likely N-dealkylation sites (N-methyl/N-ethyl adjacent to an activating group) is 1. The number of carbonyl (C=O) groups excluding carboxylic acids is 3. The molecule has 3 rings (SSSR count). The molecular formula is C24H28N2O5S. The van der Waals surface area contributed by atoms with Crippen LogP contribution in [0, 0.1) is 0 Å². The highest BCUT2D eigenvalue weighted by atomic mass is 32.2. The lowest BCUT2D eigenvalue weighted by atomic mass is 9.83. The van der Waals surface area contributed by atoms with Crippen LogP contribution in [-0.4, -0.2) is 49.4 Å². The molecule has 1 unspecified atom stereocenters. The predicted octanol–water partition coefficient (Wildman–Crippen LogP) is 3.55. The Bertz CT molecular complexity index is 1010. The Hall–Kier alpha value is -3.00. The van der Waals surface area contributed by atoms with Crippen LogP contribution in [0.2, 0.25) is 0 Å². The number of ether oxygens (including phenoxy) is 1. The number of nitrogens with one attached hydrogen (secondary N) is 1. The number of hydrogen-bond acceptors (Lipinski definition) is 7. The third kappa shape index (κ3) is 5.07. The van der Waals surface area contributed by atoms with Crippen LogP contribution in [0.4, 0.5) is 5.69 Å². The number of rotatable bonds is 9. The number of benzene rings is 1. The van der Waals surface area contributed by atoms with Gasteiger partial charge in [-0.25, -0.2) is 4.79 Å². The Morgan fingerprint density at radius 2 is 1.97 bits per heavy atom. The van der Waals surface area contributed by atoms with E-state index in [1.807, 2.05) is 36.4 Å². The van der Waals surface area contributed by atoms with Gasteiger partial charge < -0.3 is 19.4 Å². The van der Waals surface area contributed by atoms with Gasteiger partial charge in [0.25, 0.3) is 5.91 Å². The number of nitrogens with zero attached hydrogens (tertiary/aromatic N) is 1. The van der Waals surface area contributed by atoms with Crippen molar-refractivity contribution in [1.29, 1.82) is 0 Å². The Morgan fingerprint density at radius 1 is 1.22 bits per heavy atom. The summed E-state index contributed by atoms with van der Waals surface area (Å²) >= 11 is 1.55. The molecule has 1 aliphatic rings. The fourth-order valence-electron chi connectivity index (χ4n) is 3.82. The fraction of sp³-hybridized carbons (Fsp3) is 0.375. The minimum absolute atomic E-state index is 0.110. The molecule has 1 aromatic heterocycles. The van der Waals surface area contributed by atoms with Crippen LogP contribution in [0.15, 0.2) is 58.9 Å². The first-order chi connectivity index (χ1) is 15.3. The summed E-state index contributed by atoms with van der Waals surface area (Å²) in [5.74, 6) is -0.708. The summed E-state index contributed by atoms with van der Waals surface area (Å²) in [5.41, 5.74) is 2.68. The quantitative estimate of drug-likeness (QED) is 0.456. The molecule has 0 saturated carbocycles. The van der Waals surface area contributed by atoms with E-state index >= 15 is 0 Å². The lowest BCUT2D eigenvalue weighted by Crippen LogP contribution is -2.42. The van der Waals surface area contributed by atoms with Gasteiger partial charge in [-0.2, -0.15) is 11.8 Å². The molecule has 0 aliphatic carbocycles. The average Bonchev–Trinajstić information content (AvgIpc) is 3.38. The lowest BCUT2D eigenvalue weighted by molar-refractivity contribution is -0.149. The molecule has 0 saturated heterocycles. The number of fused-ring (bicyclic) bond motifs is 1. The van der Waals surface area contributed by atoms with Gasteiger partial charge in [0.1, 0.15) is 6.04 Å². The molecule has 1 amide bonds. The molecule has 0 bridgehead atoms. The number of furan rings is 1. The molecule has 1 aromatic carbocycles. The van der Waals surface area contributed by atoms with Gasteiger partial charge in [-0.1, -0.05) is 32.0 Å². The highest BCUT2D eigenvalue weighted by Crippen LogP contribution is 2.46. The van der Waals surface area contributed by atoms with Crippen molar-refractivity contribution in [1.82, 2.24) is 5.32 Å². The molecule has 0 radical (unpaired) electrons. The topological polar surface area (TPSA) is 88.9 Å². The maximum Gasteiger partial charge on any atom is 0.329 e. The van der Waals surface area contributed by atoms with Gasteiger partial charge >= 0.3 is 5.97 Å². The van der Waals surface area contributed by atoms with Crippen molar-refractivity contribution in [3.8, 4) is 0 Å². The first-order valence-electron chi connectivity index (χ1n) is 10.3. The number of carbonyl (C=O) groups is 3. The fourth-order valence-corrected chi connectivity index (χ4v) is 4.29. The van der Waals surface area contributed by atoms with Crippen LogP contribution in [0.3, 0.4) is 0 Å². The molecule has 170 valence electrons. The van der Waals surface area contributed by atoms with E-state index in [1.54, 1.807) is 17.8 Å². The zero-order chi connectivity index (χ0) is 23.3. The van der Waals surface area contributed by atoms with Crippen molar-refractivity contribution >= 4 is 35.1 Å². The minimum Gasteiger partial charge on any atom is -0.459 e. The number of ketones is 1. The van der Waals surface area contributed by atoms with Crippen molar-refractivity contribution in [2.24, 2.45) is 0 Å². The number of esters is 1. The number of hydrogen-bond donors (Lipinski definition) is 1. The van der Waals surface area contributed by atoms with E-state index < -0.39 is 24.5 Å². The molecule has 0 spiro atoms.